The molecule has 0 bridgehead atoms. The molecule has 36 heavy (non-hydrogen) atoms. The van der Waals surface area contributed by atoms with E-state index in [1.807, 2.05) is 0 Å². The lowest BCUT2D eigenvalue weighted by molar-refractivity contribution is -0.290. The summed E-state index contributed by atoms with van der Waals surface area (Å²) in [6.07, 6.45) is 10.7. The quantitative estimate of drug-likeness (QED) is 0.389. The van der Waals surface area contributed by atoms with Crippen molar-refractivity contribution in [2.75, 3.05) is 0 Å². The number of rotatable bonds is 5. The molecule has 5 rings (SSSR count). The van der Waals surface area contributed by atoms with Crippen molar-refractivity contribution < 1.29 is 23.4 Å². The summed E-state index contributed by atoms with van der Waals surface area (Å²) in [7, 11) is 0. The Labute approximate surface area is 217 Å². The van der Waals surface area contributed by atoms with E-state index in [9.17, 15) is 23.4 Å². The van der Waals surface area contributed by atoms with Crippen molar-refractivity contribution in [3.05, 3.63) is 0 Å². The van der Waals surface area contributed by atoms with Crippen LogP contribution in [0.5, 0.6) is 0 Å². The lowest BCUT2D eigenvalue weighted by Gasteiger charge is -2.62. The molecule has 2 N–H and O–H groups in total. The van der Waals surface area contributed by atoms with Crippen LogP contribution in [-0.2, 0) is 0 Å². The highest BCUT2D eigenvalue weighted by Gasteiger charge is 2.65. The van der Waals surface area contributed by atoms with Crippen LogP contribution in [0.4, 0.5) is 13.2 Å². The third-order valence-corrected chi connectivity index (χ3v) is 13.1. The Hall–Kier alpha value is -0.290. The zero-order valence-electron chi connectivity index (χ0n) is 23.0. The van der Waals surface area contributed by atoms with E-state index in [0.29, 0.717) is 47.3 Å². The van der Waals surface area contributed by atoms with E-state index < -0.39 is 11.8 Å². The van der Waals surface area contributed by atoms with Crippen LogP contribution < -0.4 is 0 Å². The maximum atomic E-state index is 13.6. The number of hydrogen-bond donors (Lipinski definition) is 2. The molecule has 0 aromatic rings. The number of halogens is 3. The molecule has 0 amide bonds. The van der Waals surface area contributed by atoms with E-state index in [0.717, 1.165) is 32.1 Å². The van der Waals surface area contributed by atoms with Crippen molar-refractivity contribution in [2.45, 2.75) is 141 Å². The molecule has 5 aliphatic carbocycles. The van der Waals surface area contributed by atoms with E-state index in [-0.39, 0.29) is 30.3 Å². The van der Waals surface area contributed by atoms with Gasteiger partial charge in [0.25, 0.3) is 0 Å². The van der Waals surface area contributed by atoms with Crippen LogP contribution in [0.1, 0.15) is 124 Å². The summed E-state index contributed by atoms with van der Waals surface area (Å²) in [4.78, 5) is 0. The lowest BCUT2D eigenvalue weighted by atomic mass is 9.43. The van der Waals surface area contributed by atoms with Gasteiger partial charge in [-0.05, 0) is 136 Å². The fourth-order valence-corrected chi connectivity index (χ4v) is 10.9. The van der Waals surface area contributed by atoms with Crippen LogP contribution in [0.3, 0.4) is 0 Å². The van der Waals surface area contributed by atoms with E-state index in [2.05, 4.69) is 20.8 Å². The molecule has 0 saturated heterocycles. The molecule has 0 heterocycles. The fraction of sp³-hybridized carbons (Fsp3) is 1.00. The number of hydrogen-bond acceptors (Lipinski definition) is 2. The molecule has 5 heteroatoms. The fourth-order valence-electron chi connectivity index (χ4n) is 10.9. The van der Waals surface area contributed by atoms with Crippen molar-refractivity contribution in [1.29, 1.82) is 0 Å². The minimum Gasteiger partial charge on any atom is -0.393 e. The average molecular weight is 513 g/mol. The molecule has 0 spiro atoms. The zero-order chi connectivity index (χ0) is 25.9. The monoisotopic (exact) mass is 512 g/mol. The van der Waals surface area contributed by atoms with Crippen LogP contribution in [0.2, 0.25) is 0 Å². The number of fused-ring (bicyclic) bond motifs is 5. The molecule has 5 saturated carbocycles. The van der Waals surface area contributed by atoms with Crippen molar-refractivity contribution in [2.24, 2.45) is 52.3 Å². The first-order valence-corrected chi connectivity index (χ1v) is 15.4. The molecule has 10 atom stereocenters. The molecular formula is C31H51F3O2. The van der Waals surface area contributed by atoms with Crippen LogP contribution in [-0.4, -0.2) is 28.1 Å². The van der Waals surface area contributed by atoms with E-state index >= 15 is 0 Å². The van der Waals surface area contributed by atoms with Gasteiger partial charge in [-0.1, -0.05) is 40.0 Å². The number of aliphatic hydroxyl groups is 2. The van der Waals surface area contributed by atoms with Crippen molar-refractivity contribution in [3.8, 4) is 0 Å². The number of alkyl halides is 3. The molecule has 0 aromatic heterocycles. The summed E-state index contributed by atoms with van der Waals surface area (Å²) in [5, 5.41) is 21.3. The predicted molar refractivity (Wildman–Crippen MR) is 137 cm³/mol. The van der Waals surface area contributed by atoms with Gasteiger partial charge in [-0.3, -0.25) is 0 Å². The van der Waals surface area contributed by atoms with E-state index in [1.54, 1.807) is 0 Å². The SMILES string of the molecule is C[C@H](CC[C@H](O)C1CCCCC1)C1CC[C@H]2[C@@H]3CC[C@H]4C[C@](O)(C(F)(F)F)CC[C@]4(C)[C@H]3CC[C@]12C. The predicted octanol–water partition coefficient (Wildman–Crippen LogP) is 8.30. The Morgan fingerprint density at radius 3 is 2.19 bits per heavy atom. The largest absolute Gasteiger partial charge is 0.417 e. The van der Waals surface area contributed by atoms with E-state index in [4.69, 9.17) is 0 Å². The minimum atomic E-state index is -4.52. The maximum Gasteiger partial charge on any atom is 0.417 e. The van der Waals surface area contributed by atoms with Crippen LogP contribution >= 0.6 is 0 Å². The standard InChI is InChI=1S/C31H51F3O2/c1-20(9-14-27(35)21-7-5-4-6-8-21)24-12-13-25-23-11-10-22-19-30(36,31(32,33)34)18-17-28(22,2)26(23)15-16-29(24,25)3/h20-27,35-36H,4-19H2,1-3H3/t20-,22+,23+,24?,25+,26+,27+,28+,29-,30+/m1/s1. The second-order valence-electron chi connectivity index (χ2n) is 14.6. The van der Waals surface area contributed by atoms with Gasteiger partial charge < -0.3 is 10.2 Å². The third kappa shape index (κ3) is 4.48. The van der Waals surface area contributed by atoms with E-state index in [1.165, 1.54) is 51.4 Å². The minimum absolute atomic E-state index is 0.0131. The molecular weight excluding hydrogens is 461 g/mol. The van der Waals surface area contributed by atoms with Gasteiger partial charge in [0.2, 0.25) is 0 Å². The Bertz CT molecular complexity index is 778. The lowest BCUT2D eigenvalue weighted by Crippen LogP contribution is -2.59. The summed E-state index contributed by atoms with van der Waals surface area (Å²) >= 11 is 0. The van der Waals surface area contributed by atoms with Crippen molar-refractivity contribution in [3.63, 3.8) is 0 Å². The molecule has 2 nitrogen and oxygen atoms in total. The second kappa shape index (κ2) is 9.72. The highest BCUT2D eigenvalue weighted by Crippen LogP contribution is 2.69. The topological polar surface area (TPSA) is 40.5 Å². The van der Waals surface area contributed by atoms with Crippen LogP contribution in [0.25, 0.3) is 0 Å². The normalized spacial score (nSPS) is 47.5. The Morgan fingerprint density at radius 1 is 0.806 bits per heavy atom. The van der Waals surface area contributed by atoms with Gasteiger partial charge in [0, 0.05) is 0 Å². The smallest absolute Gasteiger partial charge is 0.393 e. The first kappa shape index (κ1) is 27.3. The maximum absolute atomic E-state index is 13.6. The van der Waals surface area contributed by atoms with Gasteiger partial charge in [0.15, 0.2) is 5.60 Å². The third-order valence-electron chi connectivity index (χ3n) is 13.1. The van der Waals surface area contributed by atoms with Gasteiger partial charge in [-0.25, -0.2) is 0 Å². The average Bonchev–Trinajstić information content (AvgIpc) is 3.20. The van der Waals surface area contributed by atoms with Crippen molar-refractivity contribution in [1.82, 2.24) is 0 Å². The van der Waals surface area contributed by atoms with Crippen LogP contribution in [0, 0.1) is 52.3 Å². The zero-order valence-corrected chi connectivity index (χ0v) is 23.0. The summed E-state index contributed by atoms with van der Waals surface area (Å²) in [5.41, 5.74) is -2.21. The molecule has 0 aliphatic heterocycles. The first-order valence-electron chi connectivity index (χ1n) is 15.4. The van der Waals surface area contributed by atoms with Gasteiger partial charge in [0.1, 0.15) is 0 Å². The Balaban J connectivity index is 1.23. The summed E-state index contributed by atoms with van der Waals surface area (Å²) < 4.78 is 40.9. The molecule has 208 valence electrons. The molecule has 0 radical (unpaired) electrons. The number of aliphatic hydroxyl groups excluding tert-OH is 1. The molecule has 1 unspecified atom stereocenters. The summed E-state index contributed by atoms with van der Waals surface area (Å²) in [6.45, 7) is 7.24. The summed E-state index contributed by atoms with van der Waals surface area (Å²) in [6, 6.07) is 0. The highest BCUT2D eigenvalue weighted by molar-refractivity contribution is 5.11. The molecule has 5 aliphatic rings. The molecule has 0 aromatic carbocycles. The van der Waals surface area contributed by atoms with Gasteiger partial charge in [-0.2, -0.15) is 13.2 Å². The molecule has 5 fully saturated rings. The summed E-state index contributed by atoms with van der Waals surface area (Å²) in [5.74, 6) is 3.65. The Kier molecular flexibility index (Phi) is 7.36. The van der Waals surface area contributed by atoms with Crippen molar-refractivity contribution >= 4 is 0 Å². The van der Waals surface area contributed by atoms with Crippen LogP contribution in [0.15, 0.2) is 0 Å². The first-order chi connectivity index (χ1) is 16.9. The second-order valence-corrected chi connectivity index (χ2v) is 14.6. The van der Waals surface area contributed by atoms with Gasteiger partial charge >= 0.3 is 6.18 Å². The van der Waals surface area contributed by atoms with Gasteiger partial charge in [0.05, 0.1) is 6.10 Å². The highest BCUT2D eigenvalue weighted by atomic mass is 19.4. The van der Waals surface area contributed by atoms with Gasteiger partial charge in [-0.15, -0.1) is 0 Å². The Morgan fingerprint density at radius 2 is 1.50 bits per heavy atom.